The number of nitrogens with two attached hydrogens (primary N) is 1. The van der Waals surface area contributed by atoms with Crippen molar-refractivity contribution in [3.63, 3.8) is 0 Å². The van der Waals surface area contributed by atoms with Gasteiger partial charge in [-0.25, -0.2) is 9.78 Å². The summed E-state index contributed by atoms with van der Waals surface area (Å²) >= 11 is 0. The van der Waals surface area contributed by atoms with Gasteiger partial charge in [0.25, 0.3) is 0 Å². The predicted molar refractivity (Wildman–Crippen MR) is 111 cm³/mol. The zero-order valence-electron chi connectivity index (χ0n) is 15.9. The molecule has 1 fully saturated rings. The first-order chi connectivity index (χ1) is 13.7. The van der Waals surface area contributed by atoms with Crippen molar-refractivity contribution in [2.75, 3.05) is 18.8 Å². The summed E-state index contributed by atoms with van der Waals surface area (Å²) in [4.78, 5) is 22.4. The number of benzene rings is 1. The molecule has 4 rings (SSSR count). The maximum atomic E-state index is 12.2. The molecule has 3 aromatic rings. The minimum atomic E-state index is -0.205. The summed E-state index contributed by atoms with van der Waals surface area (Å²) in [5.74, 6) is 0. The summed E-state index contributed by atoms with van der Waals surface area (Å²) < 4.78 is 0. The molecule has 1 saturated heterocycles. The van der Waals surface area contributed by atoms with E-state index in [1.54, 1.807) is 6.20 Å². The minimum absolute atomic E-state index is 0.205. The van der Waals surface area contributed by atoms with Crippen LogP contribution in [0.4, 0.5) is 10.5 Å². The minimum Gasteiger partial charge on any atom is -0.399 e. The maximum Gasteiger partial charge on any atom is 0.315 e. The molecule has 5 N–H and O–H groups in total. The molecule has 2 aromatic heterocycles. The first-order valence-electron chi connectivity index (χ1n) is 9.71. The molecule has 0 radical (unpaired) electrons. The van der Waals surface area contributed by atoms with Gasteiger partial charge in [0.1, 0.15) is 5.65 Å². The average molecular weight is 378 g/mol. The van der Waals surface area contributed by atoms with E-state index in [1.165, 1.54) is 18.4 Å². The first kappa shape index (κ1) is 18.3. The largest absolute Gasteiger partial charge is 0.399 e. The van der Waals surface area contributed by atoms with Crippen LogP contribution in [-0.2, 0) is 19.6 Å². The highest BCUT2D eigenvalue weighted by atomic mass is 16.2. The standard InChI is InChI=1S/C21H26N6O/c22-18-5-3-4-15(10-18)11-25-21(28)26-12-16-6-7-23-20-19(16)17(13-24-20)14-27-8-1-2-9-27/h3-7,10,13H,1-2,8-9,11-12,14,22H2,(H,23,24)(H2,25,26,28). The number of anilines is 1. The van der Waals surface area contributed by atoms with Gasteiger partial charge in [-0.3, -0.25) is 4.90 Å². The highest BCUT2D eigenvalue weighted by Crippen LogP contribution is 2.23. The maximum absolute atomic E-state index is 12.2. The molecule has 0 saturated carbocycles. The fraction of sp³-hybridized carbons (Fsp3) is 0.333. The molecule has 1 aliphatic rings. The number of carbonyl (C=O) groups excluding carboxylic acids is 1. The number of pyridine rings is 1. The van der Waals surface area contributed by atoms with E-state index in [9.17, 15) is 4.79 Å². The van der Waals surface area contributed by atoms with Crippen LogP contribution in [0.5, 0.6) is 0 Å². The lowest BCUT2D eigenvalue weighted by atomic mass is 10.1. The number of amides is 2. The zero-order valence-corrected chi connectivity index (χ0v) is 15.9. The quantitative estimate of drug-likeness (QED) is 0.496. The van der Waals surface area contributed by atoms with Crippen LogP contribution in [0.15, 0.2) is 42.7 Å². The molecular weight excluding hydrogens is 352 g/mol. The second kappa shape index (κ2) is 8.31. The number of H-pyrrole nitrogens is 1. The van der Waals surface area contributed by atoms with Crippen molar-refractivity contribution in [1.82, 2.24) is 25.5 Å². The molecule has 7 nitrogen and oxygen atoms in total. The Morgan fingerprint density at radius 3 is 2.79 bits per heavy atom. The van der Waals surface area contributed by atoms with Crippen LogP contribution in [0.2, 0.25) is 0 Å². The van der Waals surface area contributed by atoms with E-state index in [4.69, 9.17) is 5.73 Å². The number of nitrogens with zero attached hydrogens (tertiary/aromatic N) is 2. The number of aromatic nitrogens is 2. The summed E-state index contributed by atoms with van der Waals surface area (Å²) in [7, 11) is 0. The molecule has 7 heteroatoms. The first-order valence-corrected chi connectivity index (χ1v) is 9.71. The third kappa shape index (κ3) is 4.26. The van der Waals surface area contributed by atoms with Gasteiger partial charge in [0.2, 0.25) is 0 Å². The second-order valence-electron chi connectivity index (χ2n) is 7.27. The molecular formula is C21H26N6O. The lowest BCUT2D eigenvalue weighted by molar-refractivity contribution is 0.240. The van der Waals surface area contributed by atoms with Crippen LogP contribution < -0.4 is 16.4 Å². The van der Waals surface area contributed by atoms with Crippen LogP contribution in [0.3, 0.4) is 0 Å². The van der Waals surface area contributed by atoms with E-state index >= 15 is 0 Å². The molecule has 146 valence electrons. The van der Waals surface area contributed by atoms with Gasteiger partial charge in [-0.05, 0) is 60.8 Å². The Bertz CT molecular complexity index is 960. The lowest BCUT2D eigenvalue weighted by Gasteiger charge is -2.15. The van der Waals surface area contributed by atoms with Crippen molar-refractivity contribution >= 4 is 22.8 Å². The Hall–Kier alpha value is -3.06. The normalized spacial score (nSPS) is 14.4. The molecule has 1 aliphatic heterocycles. The average Bonchev–Trinajstić information content (AvgIpc) is 3.36. The number of likely N-dealkylation sites (tertiary alicyclic amines) is 1. The summed E-state index contributed by atoms with van der Waals surface area (Å²) in [5.41, 5.74) is 10.6. The number of rotatable bonds is 6. The van der Waals surface area contributed by atoms with E-state index in [0.29, 0.717) is 18.8 Å². The topological polar surface area (TPSA) is 99.1 Å². The molecule has 2 amide bonds. The summed E-state index contributed by atoms with van der Waals surface area (Å²) in [6, 6.07) is 9.27. The van der Waals surface area contributed by atoms with Crippen molar-refractivity contribution in [2.24, 2.45) is 0 Å². The van der Waals surface area contributed by atoms with Gasteiger partial charge in [-0.2, -0.15) is 0 Å². The lowest BCUT2D eigenvalue weighted by Crippen LogP contribution is -2.34. The molecule has 3 heterocycles. The predicted octanol–water partition coefficient (Wildman–Crippen LogP) is 2.74. The molecule has 0 bridgehead atoms. The smallest absolute Gasteiger partial charge is 0.315 e. The van der Waals surface area contributed by atoms with Crippen molar-refractivity contribution in [3.05, 3.63) is 59.4 Å². The zero-order chi connectivity index (χ0) is 19.3. The van der Waals surface area contributed by atoms with Crippen molar-refractivity contribution < 1.29 is 4.79 Å². The fourth-order valence-electron chi connectivity index (χ4n) is 3.77. The van der Waals surface area contributed by atoms with Crippen molar-refractivity contribution in [3.8, 4) is 0 Å². The molecule has 0 unspecified atom stereocenters. The number of hydrogen-bond acceptors (Lipinski definition) is 4. The molecule has 0 aliphatic carbocycles. The van der Waals surface area contributed by atoms with E-state index < -0.39 is 0 Å². The third-order valence-corrected chi connectivity index (χ3v) is 5.18. The highest BCUT2D eigenvalue weighted by molar-refractivity contribution is 5.84. The Kier molecular flexibility index (Phi) is 5.43. The molecule has 28 heavy (non-hydrogen) atoms. The van der Waals surface area contributed by atoms with Crippen molar-refractivity contribution in [2.45, 2.75) is 32.5 Å². The van der Waals surface area contributed by atoms with E-state index in [-0.39, 0.29) is 6.03 Å². The van der Waals surface area contributed by atoms with Crippen LogP contribution in [0.25, 0.3) is 11.0 Å². The van der Waals surface area contributed by atoms with E-state index in [2.05, 4.69) is 25.5 Å². The fourth-order valence-corrected chi connectivity index (χ4v) is 3.77. The monoisotopic (exact) mass is 378 g/mol. The van der Waals surface area contributed by atoms with Gasteiger partial charge in [0.05, 0.1) is 0 Å². The van der Waals surface area contributed by atoms with Gasteiger partial charge in [0.15, 0.2) is 0 Å². The number of nitrogen functional groups attached to an aromatic ring is 1. The second-order valence-corrected chi connectivity index (χ2v) is 7.27. The number of hydrogen-bond donors (Lipinski definition) is 4. The highest BCUT2D eigenvalue weighted by Gasteiger charge is 2.16. The van der Waals surface area contributed by atoms with Gasteiger partial charge in [-0.15, -0.1) is 0 Å². The van der Waals surface area contributed by atoms with Crippen molar-refractivity contribution in [1.29, 1.82) is 0 Å². The van der Waals surface area contributed by atoms with Gasteiger partial charge in [0, 0.05) is 43.1 Å². The van der Waals surface area contributed by atoms with Crippen LogP contribution in [0, 0.1) is 0 Å². The Morgan fingerprint density at radius 1 is 1.14 bits per heavy atom. The number of urea groups is 1. The molecule has 0 spiro atoms. The Morgan fingerprint density at radius 2 is 1.96 bits per heavy atom. The van der Waals surface area contributed by atoms with Gasteiger partial charge < -0.3 is 21.4 Å². The third-order valence-electron chi connectivity index (χ3n) is 5.18. The van der Waals surface area contributed by atoms with E-state index in [0.717, 1.165) is 41.8 Å². The molecule has 1 aromatic carbocycles. The SMILES string of the molecule is Nc1cccc(CNC(=O)NCc2ccnc3[nH]cc(CN4CCCC4)c23)c1. The number of fused-ring (bicyclic) bond motifs is 1. The number of nitrogens with one attached hydrogen (secondary N) is 3. The number of aromatic amines is 1. The van der Waals surface area contributed by atoms with Gasteiger partial charge in [-0.1, -0.05) is 12.1 Å². The summed E-state index contributed by atoms with van der Waals surface area (Å²) in [6.45, 7) is 4.10. The summed E-state index contributed by atoms with van der Waals surface area (Å²) in [5, 5.41) is 6.94. The van der Waals surface area contributed by atoms with Crippen LogP contribution in [-0.4, -0.2) is 34.0 Å². The van der Waals surface area contributed by atoms with E-state index in [1.807, 2.05) is 36.5 Å². The molecule has 0 atom stereocenters. The van der Waals surface area contributed by atoms with Crippen LogP contribution >= 0.6 is 0 Å². The summed E-state index contributed by atoms with van der Waals surface area (Å²) in [6.07, 6.45) is 6.35. The van der Waals surface area contributed by atoms with Crippen LogP contribution in [0.1, 0.15) is 29.5 Å². The Balaban J connectivity index is 1.39. The number of carbonyl (C=O) groups is 1. The Labute approximate surface area is 164 Å². The van der Waals surface area contributed by atoms with Gasteiger partial charge >= 0.3 is 6.03 Å².